The van der Waals surface area contributed by atoms with Gasteiger partial charge in [-0.25, -0.2) is 0 Å². The lowest BCUT2D eigenvalue weighted by Gasteiger charge is -2.54. The minimum atomic E-state index is -2.22. The van der Waals surface area contributed by atoms with Crippen LogP contribution >= 0.6 is 0 Å². The Bertz CT molecular complexity index is 1090. The van der Waals surface area contributed by atoms with Gasteiger partial charge in [-0.3, -0.25) is 0 Å². The van der Waals surface area contributed by atoms with Crippen molar-refractivity contribution in [2.75, 3.05) is 13.2 Å². The van der Waals surface area contributed by atoms with Gasteiger partial charge in [-0.05, 0) is 157 Å². The summed E-state index contributed by atoms with van der Waals surface area (Å²) in [6.07, 6.45) is -5.59. The molecule has 0 N–H and O–H groups in total. The summed E-state index contributed by atoms with van der Waals surface area (Å²) in [5.74, 6) is 0. The van der Waals surface area contributed by atoms with Gasteiger partial charge < -0.3 is 49.6 Å². The zero-order valence-electron chi connectivity index (χ0n) is 39.7. The molecule has 0 aromatic rings. The molecule has 10 atom stereocenters. The van der Waals surface area contributed by atoms with Crippen LogP contribution in [-0.2, 0) is 49.6 Å². The number of rotatable bonds is 20. The topological polar surface area (TPSA) is 102 Å². The summed E-state index contributed by atoms with van der Waals surface area (Å²) < 4.78 is 77.3. The van der Waals surface area contributed by atoms with Crippen molar-refractivity contribution in [3.05, 3.63) is 0 Å². The molecule has 55 heavy (non-hydrogen) atoms. The highest BCUT2D eigenvalue weighted by Gasteiger charge is 2.57. The zero-order valence-corrected chi connectivity index (χ0v) is 47.7. The van der Waals surface area contributed by atoms with Crippen LogP contribution in [0.3, 0.4) is 0 Å². The fraction of sp³-hybridized carbons (Fsp3) is 1.00. The second-order valence-electron chi connectivity index (χ2n) is 23.2. The molecule has 2 aliphatic heterocycles. The van der Waals surface area contributed by atoms with E-state index >= 15 is 0 Å². The average Bonchev–Trinajstić information content (AvgIpc) is 2.88. The third-order valence-corrected chi connectivity index (χ3v) is 15.7. The maximum atomic E-state index is 7.26. The van der Waals surface area contributed by atoms with E-state index in [1.54, 1.807) is 0 Å². The van der Waals surface area contributed by atoms with E-state index in [4.69, 9.17) is 49.6 Å². The van der Waals surface area contributed by atoms with Gasteiger partial charge in [0, 0.05) is 0 Å². The number of hydrogen-bond acceptors (Lipinski definition) is 11. The van der Waals surface area contributed by atoms with Crippen molar-refractivity contribution in [3.63, 3.8) is 0 Å². The van der Waals surface area contributed by atoms with Crippen molar-refractivity contribution in [2.24, 2.45) is 0 Å². The molecule has 0 saturated carbocycles. The van der Waals surface area contributed by atoms with Crippen LogP contribution in [0, 0.1) is 0 Å². The largest absolute Gasteiger partial charge is 0.415 e. The minimum absolute atomic E-state index is 0.358. The minimum Gasteiger partial charge on any atom is -0.415 e. The Labute approximate surface area is 346 Å². The molecule has 0 amide bonds. The molecule has 0 spiro atoms. The highest BCUT2D eigenvalue weighted by molar-refractivity contribution is 6.72. The molecule has 10 unspecified atom stereocenters. The van der Waals surface area contributed by atoms with E-state index in [1.165, 1.54) is 0 Å². The van der Waals surface area contributed by atoms with E-state index in [0.29, 0.717) is 13.2 Å². The van der Waals surface area contributed by atoms with Gasteiger partial charge in [-0.15, -0.1) is 0 Å². The van der Waals surface area contributed by atoms with Gasteiger partial charge in [0.2, 0.25) is 0 Å². The molecule has 2 rings (SSSR count). The summed E-state index contributed by atoms with van der Waals surface area (Å²) in [4.78, 5) is 0. The predicted octanol–water partition coefficient (Wildman–Crippen LogP) is 9.48. The molecule has 2 saturated heterocycles. The second-order valence-corrected chi connectivity index (χ2v) is 59.0. The summed E-state index contributed by atoms with van der Waals surface area (Å²) in [6.45, 7) is 53.6. The van der Waals surface area contributed by atoms with Crippen molar-refractivity contribution in [3.8, 4) is 0 Å². The molecule has 2 aliphatic rings. The standard InChI is InChI=1S/C36H86O11Si8/c1-48(2,3)37-25-27-29(42-50(7,8)9)31(44-52(13,14)15)33(46-54(19,20)21)35(39-27)41-36-34(47-55(22,23)24)32(45-53(16,17)18)30(43-51(10,11)12)28(40-36)26-38-49(4,5)6/h27-36H,25-26H2,1-24H3. The van der Waals surface area contributed by atoms with Crippen LogP contribution in [0.25, 0.3) is 0 Å². The van der Waals surface area contributed by atoms with E-state index in [2.05, 4.69) is 157 Å². The van der Waals surface area contributed by atoms with Crippen molar-refractivity contribution in [1.82, 2.24) is 0 Å². The van der Waals surface area contributed by atoms with Crippen LogP contribution in [-0.4, -0.2) is 141 Å². The van der Waals surface area contributed by atoms with Gasteiger partial charge >= 0.3 is 0 Å². The maximum Gasteiger partial charge on any atom is 0.188 e. The zero-order chi connectivity index (χ0) is 43.0. The normalized spacial score (nSPS) is 31.2. The van der Waals surface area contributed by atoms with Gasteiger partial charge in [0.25, 0.3) is 0 Å². The molecule has 2 fully saturated rings. The Morgan fingerprint density at radius 2 is 0.509 bits per heavy atom. The van der Waals surface area contributed by atoms with Crippen LogP contribution in [0.2, 0.25) is 157 Å². The maximum absolute atomic E-state index is 7.26. The Balaban J connectivity index is 2.88. The van der Waals surface area contributed by atoms with E-state index in [9.17, 15) is 0 Å². The first-order valence-electron chi connectivity index (χ1n) is 20.5. The lowest BCUT2D eigenvalue weighted by Crippen LogP contribution is -2.69. The second kappa shape index (κ2) is 19.1. The van der Waals surface area contributed by atoms with Crippen LogP contribution in [0.5, 0.6) is 0 Å². The lowest BCUT2D eigenvalue weighted by atomic mass is 9.98. The average molecular weight is 920 g/mol. The first-order chi connectivity index (χ1) is 24.2. The summed E-state index contributed by atoms with van der Waals surface area (Å²) in [5.41, 5.74) is 0. The van der Waals surface area contributed by atoms with Gasteiger partial charge in [0.15, 0.2) is 79.1 Å². The Kier molecular flexibility index (Phi) is 18.2. The monoisotopic (exact) mass is 918 g/mol. The third-order valence-electron chi connectivity index (χ3n) is 7.75. The molecular weight excluding hydrogens is 833 g/mol. The van der Waals surface area contributed by atoms with Gasteiger partial charge in [-0.1, -0.05) is 0 Å². The molecule has 2 heterocycles. The summed E-state index contributed by atoms with van der Waals surface area (Å²) in [6, 6.07) is 0. The van der Waals surface area contributed by atoms with Crippen molar-refractivity contribution >= 4 is 66.5 Å². The molecule has 0 aromatic heterocycles. The van der Waals surface area contributed by atoms with E-state index in [-0.39, 0.29) is 0 Å². The Morgan fingerprint density at radius 3 is 0.727 bits per heavy atom. The van der Waals surface area contributed by atoms with Gasteiger partial charge in [0.1, 0.15) is 48.8 Å². The molecule has 328 valence electrons. The number of hydrogen-bond donors (Lipinski definition) is 0. The molecule has 19 heteroatoms. The molecule has 11 nitrogen and oxygen atoms in total. The van der Waals surface area contributed by atoms with E-state index < -0.39 is 128 Å². The first kappa shape index (κ1) is 52.4. The van der Waals surface area contributed by atoms with Crippen LogP contribution in [0.4, 0.5) is 0 Å². The van der Waals surface area contributed by atoms with Crippen molar-refractivity contribution < 1.29 is 49.6 Å². The highest BCUT2D eigenvalue weighted by Crippen LogP contribution is 2.39. The molecular formula is C36H86O11Si8. The smallest absolute Gasteiger partial charge is 0.188 e. The lowest BCUT2D eigenvalue weighted by molar-refractivity contribution is -0.368. The Morgan fingerprint density at radius 1 is 0.291 bits per heavy atom. The van der Waals surface area contributed by atoms with Crippen LogP contribution < -0.4 is 0 Å². The van der Waals surface area contributed by atoms with Gasteiger partial charge in [-0.2, -0.15) is 0 Å². The summed E-state index contributed by atoms with van der Waals surface area (Å²) in [7, 11) is -16.9. The molecule has 0 bridgehead atoms. The summed E-state index contributed by atoms with van der Waals surface area (Å²) in [5, 5.41) is 0. The Hall–Kier alpha value is 1.30. The first-order valence-corrected chi connectivity index (χ1v) is 47.8. The van der Waals surface area contributed by atoms with Gasteiger partial charge in [0.05, 0.1) is 13.2 Å². The number of ether oxygens (including phenoxy) is 3. The third kappa shape index (κ3) is 20.6. The molecule has 0 aliphatic carbocycles. The van der Waals surface area contributed by atoms with E-state index in [0.717, 1.165) is 0 Å². The van der Waals surface area contributed by atoms with Crippen molar-refractivity contribution in [2.45, 2.75) is 219 Å². The SMILES string of the molecule is C[Si](C)(C)OCC1OC(OC2OC(CO[Si](C)(C)C)C(O[Si](C)(C)C)C(O[Si](C)(C)C)C2O[Si](C)(C)C)C(O[Si](C)(C)C)C(O[Si](C)(C)C)C1O[Si](C)(C)C. The van der Waals surface area contributed by atoms with Crippen LogP contribution in [0.1, 0.15) is 0 Å². The van der Waals surface area contributed by atoms with Crippen LogP contribution in [0.15, 0.2) is 0 Å². The fourth-order valence-corrected chi connectivity index (χ4v) is 14.1. The molecule has 0 radical (unpaired) electrons. The summed E-state index contributed by atoms with van der Waals surface area (Å²) >= 11 is 0. The predicted molar refractivity (Wildman–Crippen MR) is 246 cm³/mol. The molecule has 0 aromatic carbocycles. The fourth-order valence-electron chi connectivity index (χ4n) is 6.29. The highest BCUT2D eigenvalue weighted by atomic mass is 28.4. The van der Waals surface area contributed by atoms with E-state index in [1.807, 2.05) is 0 Å². The van der Waals surface area contributed by atoms with Crippen molar-refractivity contribution in [1.29, 1.82) is 0 Å². The quantitative estimate of drug-likeness (QED) is 0.109.